The summed E-state index contributed by atoms with van der Waals surface area (Å²) in [6.45, 7) is 4.22. The van der Waals surface area contributed by atoms with Crippen LogP contribution in [0.1, 0.15) is 24.5 Å². The van der Waals surface area contributed by atoms with E-state index in [0.29, 0.717) is 30.1 Å². The van der Waals surface area contributed by atoms with Crippen molar-refractivity contribution in [2.45, 2.75) is 26.7 Å². The Morgan fingerprint density at radius 2 is 1.93 bits per heavy atom. The van der Waals surface area contributed by atoms with Crippen LogP contribution in [0.25, 0.3) is 0 Å². The number of amides is 2. The molecule has 0 aliphatic heterocycles. The molecule has 0 radical (unpaired) electrons. The maximum Gasteiger partial charge on any atom is 0.244 e. The number of hydrogen-bond acceptors (Lipinski definition) is 3. The van der Waals surface area contributed by atoms with E-state index in [4.69, 9.17) is 16.3 Å². The van der Waals surface area contributed by atoms with Crippen LogP contribution in [0.3, 0.4) is 0 Å². The lowest BCUT2D eigenvalue weighted by molar-refractivity contribution is -0.134. The van der Waals surface area contributed by atoms with Gasteiger partial charge in [0, 0.05) is 23.7 Å². The summed E-state index contributed by atoms with van der Waals surface area (Å²) in [5.41, 5.74) is 2.55. The SMILES string of the molecule is CCN(CC(=O)Nc1cc(Cl)ccc1C)C(=O)CCc1ccccc1OC. The lowest BCUT2D eigenvalue weighted by Crippen LogP contribution is -2.38. The van der Waals surface area contributed by atoms with Gasteiger partial charge in [-0.2, -0.15) is 0 Å². The minimum absolute atomic E-state index is 0.00715. The number of nitrogens with one attached hydrogen (secondary N) is 1. The van der Waals surface area contributed by atoms with Gasteiger partial charge in [-0.25, -0.2) is 0 Å². The van der Waals surface area contributed by atoms with Gasteiger partial charge in [-0.1, -0.05) is 35.9 Å². The molecular weight excluding hydrogens is 364 g/mol. The standard InChI is InChI=1S/C21H25ClN2O3/c1-4-24(14-20(25)23-18-13-17(22)11-9-15(18)2)21(26)12-10-16-7-5-6-8-19(16)27-3/h5-9,11,13H,4,10,12,14H2,1-3H3,(H,23,25). The van der Waals surface area contributed by atoms with Gasteiger partial charge in [-0.3, -0.25) is 9.59 Å². The Morgan fingerprint density at radius 3 is 2.63 bits per heavy atom. The second kappa shape index (κ2) is 9.97. The van der Waals surface area contributed by atoms with Crippen LogP contribution >= 0.6 is 11.6 Å². The number of nitrogens with zero attached hydrogens (tertiary/aromatic N) is 1. The zero-order valence-electron chi connectivity index (χ0n) is 15.9. The Balaban J connectivity index is 1.94. The van der Waals surface area contributed by atoms with Crippen molar-refractivity contribution in [1.82, 2.24) is 4.90 Å². The Labute approximate surface area is 165 Å². The van der Waals surface area contributed by atoms with Crippen molar-refractivity contribution in [1.29, 1.82) is 0 Å². The average molecular weight is 389 g/mol. The molecule has 2 aromatic rings. The Bertz CT molecular complexity index is 808. The number of carbonyl (C=O) groups excluding carboxylic acids is 2. The molecule has 2 rings (SSSR count). The third kappa shape index (κ3) is 6.00. The number of aryl methyl sites for hydroxylation is 2. The van der Waals surface area contributed by atoms with Gasteiger partial charge in [0.25, 0.3) is 0 Å². The maximum absolute atomic E-state index is 12.5. The van der Waals surface area contributed by atoms with Crippen molar-refractivity contribution in [2.75, 3.05) is 25.5 Å². The van der Waals surface area contributed by atoms with Crippen molar-refractivity contribution in [3.8, 4) is 5.75 Å². The van der Waals surface area contributed by atoms with Gasteiger partial charge < -0.3 is 15.0 Å². The lowest BCUT2D eigenvalue weighted by atomic mass is 10.1. The van der Waals surface area contributed by atoms with E-state index in [-0.39, 0.29) is 18.4 Å². The van der Waals surface area contributed by atoms with E-state index in [1.807, 2.05) is 44.2 Å². The number of hydrogen-bond donors (Lipinski definition) is 1. The number of methoxy groups -OCH3 is 1. The number of likely N-dealkylation sites (N-methyl/N-ethyl adjacent to an activating group) is 1. The number of carbonyl (C=O) groups is 2. The van der Waals surface area contributed by atoms with Gasteiger partial charge in [0.15, 0.2) is 0 Å². The molecule has 0 atom stereocenters. The molecule has 0 spiro atoms. The largest absolute Gasteiger partial charge is 0.496 e. The molecule has 0 aliphatic carbocycles. The molecule has 0 fully saturated rings. The smallest absolute Gasteiger partial charge is 0.244 e. The molecule has 6 heteroatoms. The molecule has 1 N–H and O–H groups in total. The first-order valence-corrected chi connectivity index (χ1v) is 9.28. The molecule has 5 nitrogen and oxygen atoms in total. The highest BCUT2D eigenvalue weighted by molar-refractivity contribution is 6.31. The molecule has 0 heterocycles. The van der Waals surface area contributed by atoms with E-state index < -0.39 is 0 Å². The van der Waals surface area contributed by atoms with Crippen molar-refractivity contribution >= 4 is 29.1 Å². The summed E-state index contributed by atoms with van der Waals surface area (Å²) in [7, 11) is 1.61. The molecule has 144 valence electrons. The second-order valence-corrected chi connectivity index (χ2v) is 6.66. The number of halogens is 1. The highest BCUT2D eigenvalue weighted by Crippen LogP contribution is 2.21. The number of ether oxygens (including phenoxy) is 1. The van der Waals surface area contributed by atoms with E-state index in [0.717, 1.165) is 16.9 Å². The van der Waals surface area contributed by atoms with E-state index in [2.05, 4.69) is 5.32 Å². The van der Waals surface area contributed by atoms with Crippen molar-refractivity contribution in [3.05, 3.63) is 58.6 Å². The molecule has 0 saturated carbocycles. The zero-order valence-corrected chi connectivity index (χ0v) is 16.7. The molecule has 0 aromatic heterocycles. The fourth-order valence-electron chi connectivity index (χ4n) is 2.78. The summed E-state index contributed by atoms with van der Waals surface area (Å²) < 4.78 is 5.32. The van der Waals surface area contributed by atoms with Crippen LogP contribution in [0, 0.1) is 6.92 Å². The molecule has 2 aromatic carbocycles. The van der Waals surface area contributed by atoms with Crippen LogP contribution in [-0.2, 0) is 16.0 Å². The summed E-state index contributed by atoms with van der Waals surface area (Å²) in [6.07, 6.45) is 0.881. The molecule has 0 bridgehead atoms. The number of benzene rings is 2. The maximum atomic E-state index is 12.5. The predicted octanol–water partition coefficient (Wildman–Crippen LogP) is 4.08. The van der Waals surface area contributed by atoms with Gasteiger partial charge in [0.2, 0.25) is 11.8 Å². The number of rotatable bonds is 8. The Hall–Kier alpha value is -2.53. The van der Waals surface area contributed by atoms with Gasteiger partial charge in [-0.05, 0) is 49.6 Å². The van der Waals surface area contributed by atoms with Crippen molar-refractivity contribution < 1.29 is 14.3 Å². The van der Waals surface area contributed by atoms with Crippen LogP contribution < -0.4 is 10.1 Å². The third-order valence-corrected chi connectivity index (χ3v) is 4.58. The normalized spacial score (nSPS) is 10.4. The number of para-hydroxylation sites is 1. The summed E-state index contributed by atoms with van der Waals surface area (Å²) in [5.74, 6) is 0.455. The van der Waals surface area contributed by atoms with E-state index in [1.165, 1.54) is 0 Å². The summed E-state index contributed by atoms with van der Waals surface area (Å²) in [6, 6.07) is 12.9. The Kier molecular flexibility index (Phi) is 7.67. The van der Waals surface area contributed by atoms with Gasteiger partial charge in [0.05, 0.1) is 13.7 Å². The van der Waals surface area contributed by atoms with Gasteiger partial charge in [-0.15, -0.1) is 0 Å². The van der Waals surface area contributed by atoms with Crippen LogP contribution in [-0.4, -0.2) is 36.9 Å². The highest BCUT2D eigenvalue weighted by atomic mass is 35.5. The molecule has 0 saturated heterocycles. The molecule has 2 amide bonds. The zero-order chi connectivity index (χ0) is 19.8. The predicted molar refractivity (Wildman–Crippen MR) is 108 cm³/mol. The van der Waals surface area contributed by atoms with E-state index in [9.17, 15) is 9.59 Å². The van der Waals surface area contributed by atoms with Gasteiger partial charge in [0.1, 0.15) is 5.75 Å². The molecule has 27 heavy (non-hydrogen) atoms. The summed E-state index contributed by atoms with van der Waals surface area (Å²) in [4.78, 5) is 26.4. The molecule has 0 aliphatic rings. The monoisotopic (exact) mass is 388 g/mol. The van der Waals surface area contributed by atoms with Gasteiger partial charge >= 0.3 is 0 Å². The first-order chi connectivity index (χ1) is 12.9. The van der Waals surface area contributed by atoms with E-state index >= 15 is 0 Å². The summed E-state index contributed by atoms with van der Waals surface area (Å²) >= 11 is 5.98. The lowest BCUT2D eigenvalue weighted by Gasteiger charge is -2.21. The second-order valence-electron chi connectivity index (χ2n) is 6.23. The molecular formula is C21H25ClN2O3. The Morgan fingerprint density at radius 1 is 1.19 bits per heavy atom. The van der Waals surface area contributed by atoms with Crippen LogP contribution in [0.5, 0.6) is 5.75 Å². The topological polar surface area (TPSA) is 58.6 Å². The van der Waals surface area contributed by atoms with Crippen molar-refractivity contribution in [2.24, 2.45) is 0 Å². The fraction of sp³-hybridized carbons (Fsp3) is 0.333. The third-order valence-electron chi connectivity index (χ3n) is 4.34. The molecule has 0 unspecified atom stereocenters. The summed E-state index contributed by atoms with van der Waals surface area (Å²) in [5, 5.41) is 3.38. The quantitative estimate of drug-likeness (QED) is 0.741. The average Bonchev–Trinajstić information content (AvgIpc) is 2.67. The van der Waals surface area contributed by atoms with Crippen LogP contribution in [0.4, 0.5) is 5.69 Å². The van der Waals surface area contributed by atoms with Crippen LogP contribution in [0.2, 0.25) is 5.02 Å². The fourth-order valence-corrected chi connectivity index (χ4v) is 2.95. The first-order valence-electron chi connectivity index (χ1n) is 8.90. The highest BCUT2D eigenvalue weighted by Gasteiger charge is 2.17. The minimum atomic E-state index is -0.243. The minimum Gasteiger partial charge on any atom is -0.496 e. The van der Waals surface area contributed by atoms with Crippen molar-refractivity contribution in [3.63, 3.8) is 0 Å². The first kappa shape index (κ1) is 20.8. The van der Waals surface area contributed by atoms with Crippen LogP contribution in [0.15, 0.2) is 42.5 Å². The van der Waals surface area contributed by atoms with E-state index in [1.54, 1.807) is 24.1 Å². The number of anilines is 1.